The van der Waals surface area contributed by atoms with Crippen LogP contribution in [-0.2, 0) is 9.47 Å². The fourth-order valence-corrected chi connectivity index (χ4v) is 3.79. The molecule has 0 unspecified atom stereocenters. The summed E-state index contributed by atoms with van der Waals surface area (Å²) in [5, 5.41) is 20.3. The first-order chi connectivity index (χ1) is 11.0. The standard InChI is InChI=1S/C20H32O4/c1-15(8-10-21)7-9-20(22)16(2)11-19(12-18(20,5)6)23-13-17(3,4)14-24-19/h8,16,21-22H,10-14H2,1-6H3/b15-8-/t16-,20-/m1/s1. The van der Waals surface area contributed by atoms with E-state index in [0.29, 0.717) is 26.1 Å². The van der Waals surface area contributed by atoms with Crippen LogP contribution in [0.1, 0.15) is 54.4 Å². The van der Waals surface area contributed by atoms with Crippen molar-refractivity contribution in [2.45, 2.75) is 65.8 Å². The Morgan fingerprint density at radius 3 is 2.29 bits per heavy atom. The summed E-state index contributed by atoms with van der Waals surface area (Å²) in [4.78, 5) is 0. The van der Waals surface area contributed by atoms with Gasteiger partial charge in [-0.05, 0) is 18.6 Å². The van der Waals surface area contributed by atoms with E-state index in [0.717, 1.165) is 5.57 Å². The van der Waals surface area contributed by atoms with Crippen molar-refractivity contribution < 1.29 is 19.7 Å². The molecule has 4 nitrogen and oxygen atoms in total. The van der Waals surface area contributed by atoms with Crippen LogP contribution in [0.25, 0.3) is 0 Å². The molecule has 2 atom stereocenters. The van der Waals surface area contributed by atoms with Crippen molar-refractivity contribution in [1.82, 2.24) is 0 Å². The van der Waals surface area contributed by atoms with E-state index < -0.39 is 16.8 Å². The molecule has 1 aliphatic carbocycles. The second kappa shape index (κ2) is 6.46. The molecular formula is C20H32O4. The van der Waals surface area contributed by atoms with Crippen LogP contribution in [0, 0.1) is 28.6 Å². The van der Waals surface area contributed by atoms with Crippen LogP contribution < -0.4 is 0 Å². The first kappa shape index (κ1) is 19.5. The van der Waals surface area contributed by atoms with Gasteiger partial charge in [0, 0.05) is 29.6 Å². The van der Waals surface area contributed by atoms with Gasteiger partial charge in [0.1, 0.15) is 5.60 Å². The van der Waals surface area contributed by atoms with E-state index in [1.54, 1.807) is 6.08 Å². The summed E-state index contributed by atoms with van der Waals surface area (Å²) in [6.07, 6.45) is 2.88. The molecule has 0 aromatic rings. The number of aliphatic hydroxyl groups excluding tert-OH is 1. The molecule has 2 aliphatic rings. The van der Waals surface area contributed by atoms with Gasteiger partial charge in [-0.25, -0.2) is 0 Å². The van der Waals surface area contributed by atoms with E-state index in [1.165, 1.54) is 0 Å². The highest BCUT2D eigenvalue weighted by atomic mass is 16.7. The molecule has 0 bridgehead atoms. The largest absolute Gasteiger partial charge is 0.392 e. The molecule has 4 heteroatoms. The molecule has 1 saturated carbocycles. The Kier molecular flexibility index (Phi) is 5.24. The fraction of sp³-hybridized carbons (Fsp3) is 0.800. The molecule has 2 N–H and O–H groups in total. The van der Waals surface area contributed by atoms with Crippen molar-refractivity contribution in [3.63, 3.8) is 0 Å². The fourth-order valence-electron chi connectivity index (χ4n) is 3.79. The highest BCUT2D eigenvalue weighted by molar-refractivity contribution is 5.33. The van der Waals surface area contributed by atoms with E-state index in [4.69, 9.17) is 14.6 Å². The molecule has 136 valence electrons. The predicted octanol–water partition coefficient (Wildman–Crippen LogP) is 2.88. The van der Waals surface area contributed by atoms with E-state index in [9.17, 15) is 5.11 Å². The second-order valence-corrected chi connectivity index (χ2v) is 8.90. The summed E-state index contributed by atoms with van der Waals surface area (Å²) in [6, 6.07) is 0. The monoisotopic (exact) mass is 336 g/mol. The van der Waals surface area contributed by atoms with Crippen molar-refractivity contribution in [3.05, 3.63) is 11.6 Å². The first-order valence-corrected chi connectivity index (χ1v) is 8.76. The Hall–Kier alpha value is -0.860. The lowest BCUT2D eigenvalue weighted by molar-refractivity contribution is -0.341. The average Bonchev–Trinajstić information content (AvgIpc) is 2.47. The Morgan fingerprint density at radius 2 is 1.79 bits per heavy atom. The van der Waals surface area contributed by atoms with Gasteiger partial charge in [-0.15, -0.1) is 0 Å². The lowest BCUT2D eigenvalue weighted by Gasteiger charge is -2.56. The Bertz CT molecular complexity index is 554. The maximum absolute atomic E-state index is 11.3. The van der Waals surface area contributed by atoms with Crippen LogP contribution in [-0.4, -0.2) is 41.4 Å². The third-order valence-corrected chi connectivity index (χ3v) is 5.37. The number of hydrogen-bond donors (Lipinski definition) is 2. The Labute approximate surface area is 146 Å². The van der Waals surface area contributed by atoms with Crippen LogP contribution in [0.4, 0.5) is 0 Å². The minimum atomic E-state index is -1.12. The zero-order valence-corrected chi connectivity index (χ0v) is 15.9. The topological polar surface area (TPSA) is 58.9 Å². The maximum atomic E-state index is 11.3. The zero-order valence-electron chi connectivity index (χ0n) is 15.9. The second-order valence-electron chi connectivity index (χ2n) is 8.90. The number of aliphatic hydroxyl groups is 2. The van der Waals surface area contributed by atoms with Crippen molar-refractivity contribution in [2.24, 2.45) is 16.7 Å². The molecular weight excluding hydrogens is 304 g/mol. The van der Waals surface area contributed by atoms with Gasteiger partial charge in [-0.3, -0.25) is 0 Å². The molecule has 2 fully saturated rings. The molecule has 2 rings (SSSR count). The SMILES string of the molecule is C/C(C#C[C@@]1(O)[C@H](C)CC2(CC1(C)C)OCC(C)(C)CO2)=C/CO. The maximum Gasteiger partial charge on any atom is 0.169 e. The van der Waals surface area contributed by atoms with Gasteiger partial charge in [0.25, 0.3) is 0 Å². The van der Waals surface area contributed by atoms with Gasteiger partial charge in [-0.1, -0.05) is 46.5 Å². The van der Waals surface area contributed by atoms with Crippen molar-refractivity contribution >= 4 is 0 Å². The highest BCUT2D eigenvalue weighted by Crippen LogP contribution is 2.53. The van der Waals surface area contributed by atoms with Crippen molar-refractivity contribution in [3.8, 4) is 11.8 Å². The summed E-state index contributed by atoms with van der Waals surface area (Å²) in [5.41, 5.74) is -0.805. The van der Waals surface area contributed by atoms with Gasteiger partial charge >= 0.3 is 0 Å². The third-order valence-electron chi connectivity index (χ3n) is 5.37. The lowest BCUT2D eigenvalue weighted by atomic mass is 9.58. The van der Waals surface area contributed by atoms with Gasteiger partial charge in [0.2, 0.25) is 0 Å². The van der Waals surface area contributed by atoms with E-state index in [-0.39, 0.29) is 17.9 Å². The number of allylic oxidation sites excluding steroid dienone is 1. The molecule has 1 heterocycles. The number of rotatable bonds is 1. The van der Waals surface area contributed by atoms with Gasteiger partial charge in [-0.2, -0.15) is 0 Å². The molecule has 0 amide bonds. The van der Waals surface area contributed by atoms with Crippen molar-refractivity contribution in [1.29, 1.82) is 0 Å². The summed E-state index contributed by atoms with van der Waals surface area (Å²) in [5.74, 6) is 5.37. The van der Waals surface area contributed by atoms with E-state index in [2.05, 4.69) is 25.7 Å². The van der Waals surface area contributed by atoms with Gasteiger partial charge < -0.3 is 19.7 Å². The smallest absolute Gasteiger partial charge is 0.169 e. The first-order valence-electron chi connectivity index (χ1n) is 8.76. The predicted molar refractivity (Wildman–Crippen MR) is 94.2 cm³/mol. The zero-order chi connectivity index (χ0) is 18.2. The van der Waals surface area contributed by atoms with E-state index in [1.807, 2.05) is 27.7 Å². The van der Waals surface area contributed by atoms with Crippen LogP contribution in [0.3, 0.4) is 0 Å². The lowest BCUT2D eigenvalue weighted by Crippen LogP contribution is -2.62. The van der Waals surface area contributed by atoms with E-state index >= 15 is 0 Å². The van der Waals surface area contributed by atoms with Crippen LogP contribution in [0.5, 0.6) is 0 Å². The molecule has 24 heavy (non-hydrogen) atoms. The minimum Gasteiger partial charge on any atom is -0.392 e. The summed E-state index contributed by atoms with van der Waals surface area (Å²) in [7, 11) is 0. The summed E-state index contributed by atoms with van der Waals surface area (Å²) < 4.78 is 12.3. The Balaban J connectivity index is 2.26. The van der Waals surface area contributed by atoms with Gasteiger partial charge in [0.05, 0.1) is 19.8 Å². The van der Waals surface area contributed by atoms with Crippen molar-refractivity contribution in [2.75, 3.05) is 19.8 Å². The molecule has 1 spiro atoms. The molecule has 1 aliphatic heterocycles. The number of ether oxygens (including phenoxy) is 2. The number of hydrogen-bond acceptors (Lipinski definition) is 4. The van der Waals surface area contributed by atoms with Crippen LogP contribution in [0.15, 0.2) is 11.6 Å². The normalized spacial score (nSPS) is 34.5. The Morgan fingerprint density at radius 1 is 1.21 bits per heavy atom. The minimum absolute atomic E-state index is 0.0262. The van der Waals surface area contributed by atoms with Gasteiger partial charge in [0.15, 0.2) is 5.79 Å². The molecule has 0 aromatic heterocycles. The highest BCUT2D eigenvalue weighted by Gasteiger charge is 2.59. The summed E-state index contributed by atoms with van der Waals surface area (Å²) in [6.45, 7) is 13.5. The van der Waals surface area contributed by atoms with Crippen LogP contribution in [0.2, 0.25) is 0 Å². The third kappa shape index (κ3) is 3.70. The summed E-state index contributed by atoms with van der Waals surface area (Å²) >= 11 is 0. The molecule has 0 aromatic carbocycles. The van der Waals surface area contributed by atoms with Crippen LogP contribution >= 0.6 is 0 Å². The molecule has 1 saturated heterocycles. The quantitative estimate of drug-likeness (QED) is 0.723. The molecule has 0 radical (unpaired) electrons. The average molecular weight is 336 g/mol.